The second kappa shape index (κ2) is 8.28. The summed E-state index contributed by atoms with van der Waals surface area (Å²) in [6, 6.07) is 8.27. The third-order valence-corrected chi connectivity index (χ3v) is 6.17. The molecule has 1 aromatic carbocycles. The minimum Gasteiger partial charge on any atom is -0.484 e. The molecule has 28 heavy (non-hydrogen) atoms. The normalized spacial score (nSPS) is 22.2. The number of rotatable bonds is 6. The highest BCUT2D eigenvalue weighted by molar-refractivity contribution is 7.13. The van der Waals surface area contributed by atoms with Crippen LogP contribution in [0.5, 0.6) is 5.75 Å². The highest BCUT2D eigenvalue weighted by Gasteiger charge is 2.40. The maximum atomic E-state index is 11.9. The number of hydrogen-bond donors (Lipinski definition) is 1. The fraction of sp³-hybridized carbons (Fsp3) is 0.450. The van der Waals surface area contributed by atoms with Crippen LogP contribution >= 0.6 is 11.3 Å². The van der Waals surface area contributed by atoms with E-state index in [1.165, 1.54) is 16.9 Å². The van der Waals surface area contributed by atoms with Gasteiger partial charge in [0.25, 0.3) is 5.91 Å². The van der Waals surface area contributed by atoms with Crippen molar-refractivity contribution in [1.82, 2.24) is 14.8 Å². The Morgan fingerprint density at radius 3 is 2.93 bits per heavy atom. The Hall–Kier alpha value is -2.45. The standard InChI is InChI=1S/C20H24N4O3S/c1-23-17-6-8-24(12-15(17)10-19(23)26)11-14-2-4-16(5-3-14)27-13-18(25)22-20-21-7-9-28-20/h2-5,7,9,15,17H,6,8,10-13H2,1H3,(H,21,22,25)/t15-,17+/m1/s1. The molecule has 2 aliphatic rings. The Labute approximate surface area is 168 Å². The summed E-state index contributed by atoms with van der Waals surface area (Å²) in [7, 11) is 1.93. The number of nitrogens with zero attached hydrogens (tertiary/aromatic N) is 3. The van der Waals surface area contributed by atoms with Crippen LogP contribution in [0, 0.1) is 5.92 Å². The van der Waals surface area contributed by atoms with Gasteiger partial charge in [-0.25, -0.2) is 4.98 Å². The zero-order valence-electron chi connectivity index (χ0n) is 15.8. The number of amides is 2. The zero-order valence-corrected chi connectivity index (χ0v) is 16.7. The average molecular weight is 401 g/mol. The van der Waals surface area contributed by atoms with Crippen LogP contribution in [0.25, 0.3) is 0 Å². The van der Waals surface area contributed by atoms with Gasteiger partial charge in [0, 0.05) is 56.6 Å². The predicted molar refractivity (Wildman–Crippen MR) is 107 cm³/mol. The van der Waals surface area contributed by atoms with Gasteiger partial charge in [-0.05, 0) is 24.1 Å². The predicted octanol–water partition coefficient (Wildman–Crippen LogP) is 2.21. The van der Waals surface area contributed by atoms with Gasteiger partial charge < -0.3 is 9.64 Å². The first-order valence-electron chi connectivity index (χ1n) is 9.47. The molecule has 2 aromatic rings. The van der Waals surface area contributed by atoms with Gasteiger partial charge in [-0.15, -0.1) is 11.3 Å². The lowest BCUT2D eigenvalue weighted by molar-refractivity contribution is -0.127. The van der Waals surface area contributed by atoms with Gasteiger partial charge in [0.05, 0.1) is 0 Å². The average Bonchev–Trinajstić information content (AvgIpc) is 3.29. The number of nitrogens with one attached hydrogen (secondary N) is 1. The number of carbonyl (C=O) groups excluding carboxylic acids is 2. The van der Waals surface area contributed by atoms with Crippen molar-refractivity contribution in [2.45, 2.75) is 25.4 Å². The second-order valence-corrected chi connectivity index (χ2v) is 8.27. The van der Waals surface area contributed by atoms with Crippen LogP contribution in [-0.2, 0) is 16.1 Å². The molecule has 1 aromatic heterocycles. The zero-order chi connectivity index (χ0) is 19.5. The molecule has 0 saturated carbocycles. The summed E-state index contributed by atoms with van der Waals surface area (Å²) in [6.45, 7) is 2.80. The summed E-state index contributed by atoms with van der Waals surface area (Å²) in [5, 5.41) is 5.07. The maximum absolute atomic E-state index is 11.9. The second-order valence-electron chi connectivity index (χ2n) is 7.38. The van der Waals surface area contributed by atoms with E-state index < -0.39 is 0 Å². The van der Waals surface area contributed by atoms with Gasteiger partial charge in [0.2, 0.25) is 5.91 Å². The van der Waals surface area contributed by atoms with Crippen molar-refractivity contribution in [3.8, 4) is 5.75 Å². The van der Waals surface area contributed by atoms with E-state index in [0.29, 0.717) is 29.3 Å². The van der Waals surface area contributed by atoms with Crippen molar-refractivity contribution in [3.63, 3.8) is 0 Å². The number of thiazole rings is 1. The molecule has 7 nitrogen and oxygen atoms in total. The molecule has 148 valence electrons. The lowest BCUT2D eigenvalue weighted by Crippen LogP contribution is -2.44. The Morgan fingerprint density at radius 1 is 1.36 bits per heavy atom. The quantitative estimate of drug-likeness (QED) is 0.805. The van der Waals surface area contributed by atoms with Crippen LogP contribution in [0.4, 0.5) is 5.13 Å². The van der Waals surface area contributed by atoms with E-state index in [-0.39, 0.29) is 18.4 Å². The van der Waals surface area contributed by atoms with E-state index in [1.807, 2.05) is 36.2 Å². The molecule has 2 fully saturated rings. The van der Waals surface area contributed by atoms with Gasteiger partial charge in [0.15, 0.2) is 11.7 Å². The van der Waals surface area contributed by atoms with Crippen LogP contribution in [0.3, 0.4) is 0 Å². The van der Waals surface area contributed by atoms with Crippen LogP contribution in [-0.4, -0.2) is 59.4 Å². The van der Waals surface area contributed by atoms with Crippen LogP contribution < -0.4 is 10.1 Å². The molecule has 0 radical (unpaired) electrons. The smallest absolute Gasteiger partial charge is 0.264 e. The number of ether oxygens (including phenoxy) is 1. The Bertz CT molecular complexity index is 824. The Balaban J connectivity index is 1.24. The lowest BCUT2D eigenvalue weighted by Gasteiger charge is -2.36. The molecule has 0 bridgehead atoms. The Morgan fingerprint density at radius 2 is 2.18 bits per heavy atom. The number of piperidine rings is 1. The summed E-state index contributed by atoms with van der Waals surface area (Å²) in [4.78, 5) is 32.1. The monoisotopic (exact) mass is 400 g/mol. The van der Waals surface area contributed by atoms with E-state index in [1.54, 1.807) is 11.6 Å². The molecule has 0 unspecified atom stereocenters. The summed E-state index contributed by atoms with van der Waals surface area (Å²) >= 11 is 1.37. The molecule has 2 saturated heterocycles. The lowest BCUT2D eigenvalue weighted by atomic mass is 9.92. The highest BCUT2D eigenvalue weighted by Crippen LogP contribution is 2.31. The number of likely N-dealkylation sites (tertiary alicyclic amines) is 2. The first-order valence-corrected chi connectivity index (χ1v) is 10.4. The molecule has 3 heterocycles. The summed E-state index contributed by atoms with van der Waals surface area (Å²) in [6.07, 6.45) is 3.36. The van der Waals surface area contributed by atoms with Crippen LogP contribution in [0.2, 0.25) is 0 Å². The molecule has 4 rings (SSSR count). The van der Waals surface area contributed by atoms with Gasteiger partial charge >= 0.3 is 0 Å². The van der Waals surface area contributed by atoms with Gasteiger partial charge in [-0.3, -0.25) is 19.8 Å². The van der Waals surface area contributed by atoms with Crippen molar-refractivity contribution in [2.24, 2.45) is 5.92 Å². The SMILES string of the molecule is CN1C(=O)C[C@@H]2CN(Cc3ccc(OCC(=O)Nc4nccs4)cc3)CC[C@@H]21. The minimum absolute atomic E-state index is 0.0460. The molecule has 2 atom stereocenters. The molecule has 8 heteroatoms. The van der Waals surface area contributed by atoms with E-state index in [9.17, 15) is 9.59 Å². The molecular formula is C20H24N4O3S. The number of fused-ring (bicyclic) bond motifs is 1. The van der Waals surface area contributed by atoms with E-state index in [0.717, 1.165) is 26.1 Å². The molecular weight excluding hydrogens is 376 g/mol. The first kappa shape index (κ1) is 18.9. The Kier molecular flexibility index (Phi) is 5.59. The molecule has 2 amide bonds. The van der Waals surface area contributed by atoms with Crippen molar-refractivity contribution in [3.05, 3.63) is 41.4 Å². The fourth-order valence-corrected chi connectivity index (χ4v) is 4.59. The number of aromatic nitrogens is 1. The van der Waals surface area contributed by atoms with Gasteiger partial charge in [-0.2, -0.15) is 0 Å². The third kappa shape index (κ3) is 4.34. The number of hydrogen-bond acceptors (Lipinski definition) is 6. The van der Waals surface area contributed by atoms with E-state index >= 15 is 0 Å². The molecule has 0 aliphatic carbocycles. The number of carbonyl (C=O) groups is 2. The topological polar surface area (TPSA) is 74.8 Å². The number of benzene rings is 1. The van der Waals surface area contributed by atoms with Crippen molar-refractivity contribution in [1.29, 1.82) is 0 Å². The summed E-state index contributed by atoms with van der Waals surface area (Å²) < 4.78 is 5.55. The number of anilines is 1. The summed E-state index contributed by atoms with van der Waals surface area (Å²) in [5.41, 5.74) is 1.20. The van der Waals surface area contributed by atoms with Crippen molar-refractivity contribution >= 4 is 28.3 Å². The first-order chi connectivity index (χ1) is 13.6. The minimum atomic E-state index is -0.224. The molecule has 1 N–H and O–H groups in total. The fourth-order valence-electron chi connectivity index (χ4n) is 4.04. The van der Waals surface area contributed by atoms with Gasteiger partial charge in [0.1, 0.15) is 5.75 Å². The third-order valence-electron chi connectivity index (χ3n) is 5.48. The van der Waals surface area contributed by atoms with Gasteiger partial charge in [-0.1, -0.05) is 12.1 Å². The largest absolute Gasteiger partial charge is 0.484 e. The molecule has 2 aliphatic heterocycles. The van der Waals surface area contributed by atoms with E-state index in [2.05, 4.69) is 15.2 Å². The summed E-state index contributed by atoms with van der Waals surface area (Å²) in [5.74, 6) is 1.17. The van der Waals surface area contributed by atoms with Crippen molar-refractivity contribution in [2.75, 3.05) is 32.1 Å². The van der Waals surface area contributed by atoms with Crippen molar-refractivity contribution < 1.29 is 14.3 Å². The highest BCUT2D eigenvalue weighted by atomic mass is 32.1. The van der Waals surface area contributed by atoms with E-state index in [4.69, 9.17) is 4.74 Å². The van der Waals surface area contributed by atoms with Crippen LogP contribution in [0.1, 0.15) is 18.4 Å². The van der Waals surface area contributed by atoms with Crippen LogP contribution in [0.15, 0.2) is 35.8 Å². The maximum Gasteiger partial charge on any atom is 0.264 e. The molecule has 0 spiro atoms.